The molecule has 1 amide bonds. The van der Waals surface area contributed by atoms with Gasteiger partial charge in [-0.05, 0) is 37.1 Å². The van der Waals surface area contributed by atoms with Crippen LogP contribution in [-0.4, -0.2) is 54.1 Å². The highest BCUT2D eigenvalue weighted by atomic mass is 35.5. The maximum Gasteiger partial charge on any atom is 0.258 e. The molecule has 168 valence electrons. The fourth-order valence-corrected chi connectivity index (χ4v) is 4.81. The van der Waals surface area contributed by atoms with Gasteiger partial charge in [-0.3, -0.25) is 4.79 Å². The lowest BCUT2D eigenvalue weighted by molar-refractivity contribution is -0.0480. The number of carbonyl (C=O) groups excluding carboxylic acids is 1. The van der Waals surface area contributed by atoms with Gasteiger partial charge in [-0.2, -0.15) is 4.31 Å². The minimum Gasteiger partial charge on any atom is -0.393 e. The van der Waals surface area contributed by atoms with Crippen molar-refractivity contribution in [1.29, 1.82) is 0 Å². The molecule has 1 fully saturated rings. The molecule has 3 rings (SSSR count). The number of hydrogen-bond acceptors (Lipinski definition) is 5. The summed E-state index contributed by atoms with van der Waals surface area (Å²) >= 11 is 5.63. The van der Waals surface area contributed by atoms with Gasteiger partial charge in [0.2, 0.25) is 10.0 Å². The van der Waals surface area contributed by atoms with E-state index in [0.717, 1.165) is 22.5 Å². The molecule has 0 bridgehead atoms. The summed E-state index contributed by atoms with van der Waals surface area (Å²) in [5.74, 6) is -4.52. The van der Waals surface area contributed by atoms with E-state index in [-0.39, 0.29) is 42.7 Å². The van der Waals surface area contributed by atoms with Crippen molar-refractivity contribution in [1.82, 2.24) is 4.31 Å². The van der Waals surface area contributed by atoms with Crippen LogP contribution in [0.2, 0.25) is 5.02 Å². The molecule has 0 unspecified atom stereocenters. The summed E-state index contributed by atoms with van der Waals surface area (Å²) in [4.78, 5) is 11.5. The van der Waals surface area contributed by atoms with E-state index in [4.69, 9.17) is 11.6 Å². The fourth-order valence-electron chi connectivity index (χ4n) is 3.11. The van der Waals surface area contributed by atoms with Crippen molar-refractivity contribution >= 4 is 33.2 Å². The first kappa shape index (κ1) is 23.5. The molecule has 31 heavy (non-hydrogen) atoms. The smallest absolute Gasteiger partial charge is 0.258 e. The van der Waals surface area contributed by atoms with Crippen LogP contribution in [0.5, 0.6) is 0 Å². The molecule has 1 aliphatic heterocycles. The molecule has 1 heterocycles. The fraction of sp³-hybridized carbons (Fsp3) is 0.316. The van der Waals surface area contributed by atoms with E-state index in [9.17, 15) is 36.6 Å². The Morgan fingerprint density at radius 1 is 1.10 bits per heavy atom. The van der Waals surface area contributed by atoms with E-state index in [2.05, 4.69) is 5.32 Å². The Bertz CT molecular complexity index is 1120. The number of aliphatic hydroxyl groups excluding tert-OH is 1. The van der Waals surface area contributed by atoms with E-state index in [1.165, 1.54) is 0 Å². The van der Waals surface area contributed by atoms with E-state index in [1.807, 2.05) is 0 Å². The predicted molar refractivity (Wildman–Crippen MR) is 106 cm³/mol. The van der Waals surface area contributed by atoms with Crippen molar-refractivity contribution in [3.63, 3.8) is 0 Å². The van der Waals surface area contributed by atoms with E-state index in [0.29, 0.717) is 6.07 Å². The highest BCUT2D eigenvalue weighted by Crippen LogP contribution is 2.29. The van der Waals surface area contributed by atoms with Crippen LogP contribution < -0.4 is 5.32 Å². The summed E-state index contributed by atoms with van der Waals surface area (Å²) in [6.07, 6.45) is -0.158. The Balaban J connectivity index is 1.90. The lowest BCUT2D eigenvalue weighted by atomic mass is 9.94. The summed E-state index contributed by atoms with van der Waals surface area (Å²) in [6.45, 7) is -0.957. The maximum atomic E-state index is 14.4. The Labute approximate surface area is 181 Å². The first-order valence-electron chi connectivity index (χ1n) is 9.06. The molecule has 1 saturated heterocycles. The van der Waals surface area contributed by atoms with Crippen LogP contribution in [0, 0.1) is 17.5 Å². The average molecular weight is 479 g/mol. The molecule has 12 heteroatoms. The molecule has 0 spiro atoms. The summed E-state index contributed by atoms with van der Waals surface area (Å²) in [5, 5.41) is 21.2. The molecule has 2 aromatic rings. The molecule has 1 aliphatic rings. The number of nitrogens with zero attached hydrogens (tertiary/aromatic N) is 1. The predicted octanol–water partition coefficient (Wildman–Crippen LogP) is 2.52. The number of hydrogen-bond donors (Lipinski definition) is 3. The standard InChI is InChI=1S/C19H18ClF3N2O5S/c20-13-7-11(1-2-14(13)21)24-18(27)12-8-17(16(23)9-15(12)22)31(29,30)25-5-3-19(28,10-26)4-6-25/h1-2,7-9,26,28H,3-6,10H2,(H,24,27). The first-order chi connectivity index (χ1) is 14.5. The van der Waals surface area contributed by atoms with Gasteiger partial charge < -0.3 is 15.5 Å². The average Bonchev–Trinajstić information content (AvgIpc) is 2.71. The van der Waals surface area contributed by atoms with Crippen LogP contribution in [0.1, 0.15) is 23.2 Å². The molecule has 0 saturated carbocycles. The van der Waals surface area contributed by atoms with Gasteiger partial charge in [0, 0.05) is 24.8 Å². The largest absolute Gasteiger partial charge is 0.393 e. The number of sulfonamides is 1. The highest BCUT2D eigenvalue weighted by molar-refractivity contribution is 7.89. The normalized spacial score (nSPS) is 16.8. The molecule has 0 radical (unpaired) electrons. The number of nitrogens with one attached hydrogen (secondary N) is 1. The number of piperidine rings is 1. The Kier molecular flexibility index (Phi) is 6.63. The van der Waals surface area contributed by atoms with Gasteiger partial charge in [0.15, 0.2) is 0 Å². The Hall–Kier alpha value is -2.18. The van der Waals surface area contributed by atoms with Gasteiger partial charge in [0.05, 0.1) is 22.8 Å². The second-order valence-electron chi connectivity index (χ2n) is 7.13. The van der Waals surface area contributed by atoms with Crippen LogP contribution >= 0.6 is 11.6 Å². The van der Waals surface area contributed by atoms with Crippen LogP contribution in [0.4, 0.5) is 18.9 Å². The number of benzene rings is 2. The molecular formula is C19H18ClF3N2O5S. The zero-order chi connectivity index (χ0) is 23.0. The zero-order valence-electron chi connectivity index (χ0n) is 15.9. The van der Waals surface area contributed by atoms with Gasteiger partial charge in [-0.25, -0.2) is 21.6 Å². The molecule has 0 aliphatic carbocycles. The van der Waals surface area contributed by atoms with E-state index in [1.54, 1.807) is 0 Å². The second-order valence-corrected chi connectivity index (χ2v) is 9.45. The number of amides is 1. The summed E-state index contributed by atoms with van der Waals surface area (Å²) in [7, 11) is -4.46. The van der Waals surface area contributed by atoms with Crippen molar-refractivity contribution in [3.05, 3.63) is 58.4 Å². The Morgan fingerprint density at radius 3 is 2.32 bits per heavy atom. The van der Waals surface area contributed by atoms with Crippen LogP contribution in [0.15, 0.2) is 35.2 Å². The zero-order valence-corrected chi connectivity index (χ0v) is 17.5. The van der Waals surface area contributed by atoms with Gasteiger partial charge in [0.25, 0.3) is 5.91 Å². The number of rotatable bonds is 5. The van der Waals surface area contributed by atoms with Gasteiger partial charge >= 0.3 is 0 Å². The number of anilines is 1. The lowest BCUT2D eigenvalue weighted by Crippen LogP contribution is -2.48. The maximum absolute atomic E-state index is 14.4. The van der Waals surface area contributed by atoms with Crippen molar-refractivity contribution in [2.24, 2.45) is 0 Å². The van der Waals surface area contributed by atoms with Crippen LogP contribution in [-0.2, 0) is 10.0 Å². The van der Waals surface area contributed by atoms with E-state index >= 15 is 0 Å². The third-order valence-corrected chi connectivity index (χ3v) is 7.21. The SMILES string of the molecule is O=C(Nc1ccc(F)c(Cl)c1)c1cc(S(=O)(=O)N2CCC(O)(CO)CC2)c(F)cc1F. The third kappa shape index (κ3) is 4.85. The lowest BCUT2D eigenvalue weighted by Gasteiger charge is -2.36. The number of carbonyl (C=O) groups is 1. The van der Waals surface area contributed by atoms with Crippen molar-refractivity contribution in [2.75, 3.05) is 25.0 Å². The molecule has 0 aromatic heterocycles. The third-order valence-electron chi connectivity index (χ3n) is 5.01. The minimum absolute atomic E-state index is 0.0175. The molecule has 2 aromatic carbocycles. The second kappa shape index (κ2) is 8.75. The van der Waals surface area contributed by atoms with Crippen LogP contribution in [0.3, 0.4) is 0 Å². The summed E-state index contributed by atoms with van der Waals surface area (Å²) in [6, 6.07) is 4.07. The first-order valence-corrected chi connectivity index (χ1v) is 10.9. The van der Waals surface area contributed by atoms with Gasteiger partial charge in [-0.15, -0.1) is 0 Å². The van der Waals surface area contributed by atoms with Gasteiger partial charge in [0.1, 0.15) is 22.3 Å². The molecule has 0 atom stereocenters. The van der Waals surface area contributed by atoms with Crippen molar-refractivity contribution < 1.29 is 36.6 Å². The number of halogens is 4. The molecule has 3 N–H and O–H groups in total. The van der Waals surface area contributed by atoms with E-state index < -0.39 is 56.0 Å². The van der Waals surface area contributed by atoms with Crippen molar-refractivity contribution in [2.45, 2.75) is 23.3 Å². The number of aliphatic hydroxyl groups is 2. The van der Waals surface area contributed by atoms with Crippen LogP contribution in [0.25, 0.3) is 0 Å². The van der Waals surface area contributed by atoms with Crippen molar-refractivity contribution in [3.8, 4) is 0 Å². The monoisotopic (exact) mass is 478 g/mol. The Morgan fingerprint density at radius 2 is 1.74 bits per heavy atom. The molecule has 7 nitrogen and oxygen atoms in total. The highest BCUT2D eigenvalue weighted by Gasteiger charge is 2.38. The quantitative estimate of drug-likeness (QED) is 0.612. The summed E-state index contributed by atoms with van der Waals surface area (Å²) < 4.78 is 68.5. The molecular weight excluding hydrogens is 461 g/mol. The summed E-state index contributed by atoms with van der Waals surface area (Å²) in [5.41, 5.74) is -2.16. The van der Waals surface area contributed by atoms with Gasteiger partial charge in [-0.1, -0.05) is 11.6 Å². The minimum atomic E-state index is -4.46. The topological polar surface area (TPSA) is 107 Å².